The first kappa shape index (κ1) is 16.4. The number of halogens is 2. The second-order valence-corrected chi connectivity index (χ2v) is 9.44. The van der Waals surface area contributed by atoms with Crippen LogP contribution in [-0.4, -0.2) is 16.7 Å². The highest BCUT2D eigenvalue weighted by Gasteiger charge is 2.51. The van der Waals surface area contributed by atoms with Gasteiger partial charge in [-0.3, -0.25) is 4.79 Å². The lowest BCUT2D eigenvalue weighted by molar-refractivity contribution is -0.126. The minimum atomic E-state index is -0.867. The van der Waals surface area contributed by atoms with Gasteiger partial charge in [-0.2, -0.15) is 0 Å². The van der Waals surface area contributed by atoms with E-state index in [-0.39, 0.29) is 16.7 Å². The lowest BCUT2D eigenvalue weighted by atomic mass is 9.53. The standard InChI is InChI=1S/C19H23F2NOS/c1-11(24-15-2-3-16(20)17(21)7-15)18(23)22-19-8-12-4-13(9-19)6-14(5-12)10-19/h2-3,7,11-14H,4-6,8-10H2,1H3,(H,22,23). The summed E-state index contributed by atoms with van der Waals surface area (Å²) < 4.78 is 26.3. The molecule has 1 aromatic carbocycles. The summed E-state index contributed by atoms with van der Waals surface area (Å²) in [5.41, 5.74) is -0.00526. The number of nitrogens with one attached hydrogen (secondary N) is 1. The van der Waals surface area contributed by atoms with Crippen molar-refractivity contribution in [3.63, 3.8) is 0 Å². The second kappa shape index (κ2) is 6.01. The largest absolute Gasteiger partial charge is 0.350 e. The molecule has 4 saturated carbocycles. The van der Waals surface area contributed by atoms with E-state index in [1.165, 1.54) is 37.1 Å². The fourth-order valence-corrected chi connectivity index (χ4v) is 6.33. The molecule has 24 heavy (non-hydrogen) atoms. The molecule has 4 aliphatic carbocycles. The summed E-state index contributed by atoms with van der Waals surface area (Å²) in [7, 11) is 0. The van der Waals surface area contributed by atoms with Crippen molar-refractivity contribution in [3.05, 3.63) is 29.8 Å². The highest BCUT2D eigenvalue weighted by Crippen LogP contribution is 2.55. The molecular weight excluding hydrogens is 328 g/mol. The molecule has 1 unspecified atom stereocenters. The maximum atomic E-state index is 13.3. The molecule has 4 aliphatic rings. The van der Waals surface area contributed by atoms with Crippen LogP contribution < -0.4 is 5.32 Å². The van der Waals surface area contributed by atoms with Crippen LogP contribution in [0.5, 0.6) is 0 Å². The Morgan fingerprint density at radius 3 is 2.25 bits per heavy atom. The third-order valence-corrected chi connectivity index (χ3v) is 7.09. The molecule has 4 bridgehead atoms. The van der Waals surface area contributed by atoms with E-state index in [9.17, 15) is 13.6 Å². The number of hydrogen-bond donors (Lipinski definition) is 1. The Morgan fingerprint density at radius 1 is 1.12 bits per heavy atom. The van der Waals surface area contributed by atoms with Gasteiger partial charge < -0.3 is 5.32 Å². The molecule has 1 N–H and O–H groups in total. The molecule has 0 saturated heterocycles. The first-order valence-corrected chi connectivity index (χ1v) is 9.74. The predicted octanol–water partition coefficient (Wildman–Crippen LogP) is 4.53. The summed E-state index contributed by atoms with van der Waals surface area (Å²) >= 11 is 1.28. The number of carbonyl (C=O) groups is 1. The highest BCUT2D eigenvalue weighted by atomic mass is 32.2. The van der Waals surface area contributed by atoms with Gasteiger partial charge in [-0.25, -0.2) is 8.78 Å². The van der Waals surface area contributed by atoms with Crippen LogP contribution in [0.4, 0.5) is 8.78 Å². The Hall–Kier alpha value is -1.10. The first-order chi connectivity index (χ1) is 11.4. The quantitative estimate of drug-likeness (QED) is 0.808. The topological polar surface area (TPSA) is 29.1 Å². The molecule has 0 radical (unpaired) electrons. The van der Waals surface area contributed by atoms with Crippen molar-refractivity contribution in [2.75, 3.05) is 0 Å². The lowest BCUT2D eigenvalue weighted by Crippen LogP contribution is -2.60. The molecule has 4 fully saturated rings. The van der Waals surface area contributed by atoms with Gasteiger partial charge in [-0.1, -0.05) is 0 Å². The van der Waals surface area contributed by atoms with Crippen molar-refractivity contribution in [2.24, 2.45) is 17.8 Å². The van der Waals surface area contributed by atoms with Crippen LogP contribution in [-0.2, 0) is 4.79 Å². The average Bonchev–Trinajstić information content (AvgIpc) is 2.49. The Bertz CT molecular complexity index is 627. The molecule has 5 heteroatoms. The molecule has 0 aliphatic heterocycles. The third kappa shape index (κ3) is 3.07. The Labute approximate surface area is 145 Å². The zero-order valence-electron chi connectivity index (χ0n) is 13.9. The van der Waals surface area contributed by atoms with Crippen molar-refractivity contribution in [3.8, 4) is 0 Å². The van der Waals surface area contributed by atoms with Gasteiger partial charge in [-0.15, -0.1) is 11.8 Å². The smallest absolute Gasteiger partial charge is 0.233 e. The van der Waals surface area contributed by atoms with Gasteiger partial charge in [0.1, 0.15) is 0 Å². The number of benzene rings is 1. The fraction of sp³-hybridized carbons (Fsp3) is 0.632. The molecule has 1 amide bonds. The summed E-state index contributed by atoms with van der Waals surface area (Å²) in [6.07, 6.45) is 7.38. The van der Waals surface area contributed by atoms with E-state index in [4.69, 9.17) is 0 Å². The van der Waals surface area contributed by atoms with Gasteiger partial charge in [0, 0.05) is 10.4 Å². The summed E-state index contributed by atoms with van der Waals surface area (Å²) in [6, 6.07) is 3.80. The van der Waals surface area contributed by atoms with Crippen LogP contribution in [0.3, 0.4) is 0 Å². The molecule has 0 spiro atoms. The highest BCUT2D eigenvalue weighted by molar-refractivity contribution is 8.00. The zero-order valence-corrected chi connectivity index (χ0v) is 14.7. The van der Waals surface area contributed by atoms with E-state index in [2.05, 4.69) is 5.32 Å². The third-order valence-electron chi connectivity index (χ3n) is 6.00. The Kier molecular flexibility index (Phi) is 4.10. The number of hydrogen-bond acceptors (Lipinski definition) is 2. The van der Waals surface area contributed by atoms with Gasteiger partial charge in [-0.05, 0) is 81.4 Å². The summed E-state index contributed by atoms with van der Waals surface area (Å²) in [4.78, 5) is 13.3. The summed E-state index contributed by atoms with van der Waals surface area (Å²) in [5.74, 6) is 0.646. The molecule has 0 heterocycles. The van der Waals surface area contributed by atoms with Crippen molar-refractivity contribution < 1.29 is 13.6 Å². The second-order valence-electron chi connectivity index (χ2n) is 8.02. The van der Waals surface area contributed by atoms with Gasteiger partial charge in [0.05, 0.1) is 5.25 Å². The SMILES string of the molecule is CC(Sc1ccc(F)c(F)c1)C(=O)NC12CC3CC(CC(C3)C1)C2. The molecule has 5 rings (SSSR count). The van der Waals surface area contributed by atoms with Crippen molar-refractivity contribution >= 4 is 17.7 Å². The van der Waals surface area contributed by atoms with E-state index >= 15 is 0 Å². The van der Waals surface area contributed by atoms with Crippen molar-refractivity contribution in [2.45, 2.75) is 61.1 Å². The van der Waals surface area contributed by atoms with E-state index in [1.54, 1.807) is 0 Å². The van der Waals surface area contributed by atoms with E-state index in [1.807, 2.05) is 6.92 Å². The first-order valence-electron chi connectivity index (χ1n) is 8.86. The number of rotatable bonds is 4. The summed E-state index contributed by atoms with van der Waals surface area (Å²) in [6.45, 7) is 1.84. The normalized spacial score (nSPS) is 35.0. The summed E-state index contributed by atoms with van der Waals surface area (Å²) in [5, 5.41) is 3.03. The van der Waals surface area contributed by atoms with Gasteiger partial charge >= 0.3 is 0 Å². The van der Waals surface area contributed by atoms with Crippen LogP contribution >= 0.6 is 11.8 Å². The van der Waals surface area contributed by atoms with Crippen molar-refractivity contribution in [1.29, 1.82) is 0 Å². The number of thioether (sulfide) groups is 1. The monoisotopic (exact) mass is 351 g/mol. The molecule has 2 nitrogen and oxygen atoms in total. The van der Waals surface area contributed by atoms with Gasteiger partial charge in [0.15, 0.2) is 11.6 Å². The van der Waals surface area contributed by atoms with Crippen LogP contribution in [0.25, 0.3) is 0 Å². The molecule has 1 aromatic rings. The lowest BCUT2D eigenvalue weighted by Gasteiger charge is -2.57. The van der Waals surface area contributed by atoms with Crippen molar-refractivity contribution in [1.82, 2.24) is 5.32 Å². The maximum Gasteiger partial charge on any atom is 0.233 e. The minimum Gasteiger partial charge on any atom is -0.350 e. The van der Waals surface area contributed by atoms with E-state index < -0.39 is 11.6 Å². The van der Waals surface area contributed by atoms with E-state index in [0.29, 0.717) is 4.90 Å². The fourth-order valence-electron chi connectivity index (χ4n) is 5.43. The number of carbonyl (C=O) groups excluding carboxylic acids is 1. The Balaban J connectivity index is 1.41. The van der Waals surface area contributed by atoms with Gasteiger partial charge in [0.2, 0.25) is 5.91 Å². The number of amides is 1. The minimum absolute atomic E-state index is 0.00526. The van der Waals surface area contributed by atoms with E-state index in [0.717, 1.165) is 49.1 Å². The van der Waals surface area contributed by atoms with Crippen LogP contribution in [0, 0.1) is 29.4 Å². The zero-order chi connectivity index (χ0) is 16.9. The molecular formula is C19H23F2NOS. The predicted molar refractivity (Wildman–Crippen MR) is 90.7 cm³/mol. The van der Waals surface area contributed by atoms with Gasteiger partial charge in [0.25, 0.3) is 0 Å². The van der Waals surface area contributed by atoms with Crippen LogP contribution in [0.15, 0.2) is 23.1 Å². The average molecular weight is 351 g/mol. The van der Waals surface area contributed by atoms with Crippen LogP contribution in [0.1, 0.15) is 45.4 Å². The Morgan fingerprint density at radius 2 is 1.71 bits per heavy atom. The molecule has 1 atom stereocenters. The molecule has 130 valence electrons. The van der Waals surface area contributed by atoms with Crippen LogP contribution in [0.2, 0.25) is 0 Å². The molecule has 0 aromatic heterocycles. The maximum absolute atomic E-state index is 13.3.